The average Bonchev–Trinajstić information content (AvgIpc) is 2.27. The van der Waals surface area contributed by atoms with Crippen molar-refractivity contribution in [1.29, 1.82) is 0 Å². The molecule has 0 amide bonds. The van der Waals surface area contributed by atoms with Crippen LogP contribution in [0.1, 0.15) is 5.56 Å². The zero-order valence-electron chi connectivity index (χ0n) is 10.2. The van der Waals surface area contributed by atoms with Gasteiger partial charge in [-0.3, -0.25) is 4.72 Å². The first kappa shape index (κ1) is 13.7. The maximum absolute atomic E-state index is 12.2. The summed E-state index contributed by atoms with van der Waals surface area (Å²) in [5, 5.41) is 0.191. The van der Waals surface area contributed by atoms with Crippen LogP contribution in [0.25, 0.3) is 0 Å². The third kappa shape index (κ3) is 3.19. The number of hydrogen-bond donors (Lipinski definition) is 2. The Balaban J connectivity index is 2.38. The molecule has 0 saturated carbocycles. The third-order valence-electron chi connectivity index (χ3n) is 2.52. The summed E-state index contributed by atoms with van der Waals surface area (Å²) in [5.74, 6) is 0. The lowest BCUT2D eigenvalue weighted by atomic mass is 10.2. The monoisotopic (exact) mass is 296 g/mol. The second kappa shape index (κ2) is 5.11. The number of anilines is 2. The zero-order chi connectivity index (χ0) is 14.0. The molecular weight excluding hydrogens is 284 g/mol. The van der Waals surface area contributed by atoms with E-state index in [2.05, 4.69) is 4.72 Å². The minimum atomic E-state index is -3.72. The molecule has 0 aliphatic heterocycles. The second-order valence-electron chi connectivity index (χ2n) is 4.16. The maximum atomic E-state index is 12.2. The summed E-state index contributed by atoms with van der Waals surface area (Å²) < 4.78 is 26.9. The Morgan fingerprint density at radius 3 is 2.53 bits per heavy atom. The van der Waals surface area contributed by atoms with Gasteiger partial charge < -0.3 is 5.73 Å². The smallest absolute Gasteiger partial charge is 0.263 e. The molecule has 2 rings (SSSR count). The molecule has 0 aliphatic rings. The maximum Gasteiger partial charge on any atom is 0.263 e. The Kier molecular flexibility index (Phi) is 3.68. The summed E-state index contributed by atoms with van der Waals surface area (Å²) in [6.07, 6.45) is 0. The van der Waals surface area contributed by atoms with Crippen molar-refractivity contribution in [2.45, 2.75) is 11.8 Å². The third-order valence-corrected chi connectivity index (χ3v) is 4.38. The van der Waals surface area contributed by atoms with Crippen LogP contribution in [0.2, 0.25) is 5.02 Å². The quantitative estimate of drug-likeness (QED) is 0.855. The molecule has 0 heterocycles. The summed E-state index contributed by atoms with van der Waals surface area (Å²) in [6, 6.07) is 11.3. The molecule has 0 bridgehead atoms. The summed E-state index contributed by atoms with van der Waals surface area (Å²) in [4.78, 5) is 0.0437. The van der Waals surface area contributed by atoms with E-state index < -0.39 is 10.0 Å². The van der Waals surface area contributed by atoms with Crippen LogP contribution in [-0.4, -0.2) is 8.42 Å². The molecule has 2 aromatic rings. The Morgan fingerprint density at radius 1 is 1.16 bits per heavy atom. The van der Waals surface area contributed by atoms with E-state index in [0.717, 1.165) is 5.56 Å². The highest BCUT2D eigenvalue weighted by atomic mass is 35.5. The number of rotatable bonds is 3. The van der Waals surface area contributed by atoms with E-state index in [0.29, 0.717) is 11.4 Å². The van der Waals surface area contributed by atoms with Crippen molar-refractivity contribution in [2.75, 3.05) is 10.5 Å². The highest BCUT2D eigenvalue weighted by molar-refractivity contribution is 7.92. The molecule has 0 spiro atoms. The molecule has 0 unspecified atom stereocenters. The van der Waals surface area contributed by atoms with Crippen LogP contribution in [0, 0.1) is 6.92 Å². The SMILES string of the molecule is Cc1ccc(S(=O)(=O)Nc2cccc(N)c2)c(Cl)c1. The highest BCUT2D eigenvalue weighted by Crippen LogP contribution is 2.25. The van der Waals surface area contributed by atoms with E-state index in [1.165, 1.54) is 6.07 Å². The molecule has 0 atom stereocenters. The number of halogens is 1. The summed E-state index contributed by atoms with van der Waals surface area (Å²) in [5.41, 5.74) is 7.38. The molecule has 3 N–H and O–H groups in total. The Hall–Kier alpha value is -1.72. The van der Waals surface area contributed by atoms with Crippen LogP contribution < -0.4 is 10.5 Å². The first-order valence-electron chi connectivity index (χ1n) is 5.53. The lowest BCUT2D eigenvalue weighted by Crippen LogP contribution is -2.13. The topological polar surface area (TPSA) is 72.2 Å². The number of benzene rings is 2. The van der Waals surface area contributed by atoms with E-state index in [4.69, 9.17) is 17.3 Å². The molecule has 19 heavy (non-hydrogen) atoms. The Bertz CT molecular complexity index is 714. The second-order valence-corrected chi connectivity index (χ2v) is 6.22. The van der Waals surface area contributed by atoms with E-state index in [-0.39, 0.29) is 9.92 Å². The largest absolute Gasteiger partial charge is 0.399 e. The number of nitrogen functional groups attached to an aromatic ring is 1. The van der Waals surface area contributed by atoms with E-state index in [9.17, 15) is 8.42 Å². The van der Waals surface area contributed by atoms with Crippen LogP contribution in [0.4, 0.5) is 11.4 Å². The fourth-order valence-electron chi connectivity index (χ4n) is 1.64. The van der Waals surface area contributed by atoms with Gasteiger partial charge in [0.1, 0.15) is 4.90 Å². The van der Waals surface area contributed by atoms with E-state index >= 15 is 0 Å². The lowest BCUT2D eigenvalue weighted by molar-refractivity contribution is 0.601. The van der Waals surface area contributed by atoms with Gasteiger partial charge in [-0.1, -0.05) is 23.7 Å². The van der Waals surface area contributed by atoms with Crippen molar-refractivity contribution in [1.82, 2.24) is 0 Å². The number of nitrogens with two attached hydrogens (primary N) is 1. The van der Waals surface area contributed by atoms with E-state index in [1.54, 1.807) is 36.4 Å². The first-order chi connectivity index (χ1) is 8.88. The molecule has 6 heteroatoms. The minimum Gasteiger partial charge on any atom is -0.399 e. The Morgan fingerprint density at radius 2 is 1.89 bits per heavy atom. The number of hydrogen-bond acceptors (Lipinski definition) is 3. The van der Waals surface area contributed by atoms with Crippen LogP contribution in [0.15, 0.2) is 47.4 Å². The lowest BCUT2D eigenvalue weighted by Gasteiger charge is -2.10. The van der Waals surface area contributed by atoms with Crippen LogP contribution >= 0.6 is 11.6 Å². The standard InChI is InChI=1S/C13H13ClN2O2S/c1-9-5-6-13(12(14)7-9)19(17,18)16-11-4-2-3-10(15)8-11/h2-8,16H,15H2,1H3. The molecule has 2 aromatic carbocycles. The fourth-order valence-corrected chi connectivity index (χ4v) is 3.29. The summed E-state index contributed by atoms with van der Waals surface area (Å²) in [6.45, 7) is 1.84. The van der Waals surface area contributed by atoms with Gasteiger partial charge in [0.05, 0.1) is 10.7 Å². The van der Waals surface area contributed by atoms with Crippen LogP contribution in [0.3, 0.4) is 0 Å². The first-order valence-corrected chi connectivity index (χ1v) is 7.39. The van der Waals surface area contributed by atoms with Gasteiger partial charge in [-0.05, 0) is 42.8 Å². The molecule has 0 radical (unpaired) electrons. The van der Waals surface area contributed by atoms with Crippen molar-refractivity contribution in [3.05, 3.63) is 53.1 Å². The van der Waals surface area contributed by atoms with Gasteiger partial charge in [-0.15, -0.1) is 0 Å². The predicted octanol–water partition coefficient (Wildman–Crippen LogP) is 3.03. The van der Waals surface area contributed by atoms with Crippen molar-refractivity contribution < 1.29 is 8.42 Å². The van der Waals surface area contributed by atoms with Gasteiger partial charge in [0, 0.05) is 5.69 Å². The average molecular weight is 297 g/mol. The summed E-state index contributed by atoms with van der Waals surface area (Å²) >= 11 is 5.97. The van der Waals surface area contributed by atoms with Crippen molar-refractivity contribution in [3.63, 3.8) is 0 Å². The van der Waals surface area contributed by atoms with Gasteiger partial charge in [-0.2, -0.15) is 0 Å². The van der Waals surface area contributed by atoms with Gasteiger partial charge >= 0.3 is 0 Å². The number of nitrogens with one attached hydrogen (secondary N) is 1. The molecular formula is C13H13ClN2O2S. The van der Waals surface area contributed by atoms with Gasteiger partial charge in [0.15, 0.2) is 0 Å². The predicted molar refractivity (Wildman–Crippen MR) is 77.9 cm³/mol. The zero-order valence-corrected chi connectivity index (χ0v) is 11.8. The fraction of sp³-hybridized carbons (Fsp3) is 0.0769. The number of sulfonamides is 1. The molecule has 0 saturated heterocycles. The van der Waals surface area contributed by atoms with Crippen LogP contribution in [0.5, 0.6) is 0 Å². The highest BCUT2D eigenvalue weighted by Gasteiger charge is 2.17. The van der Waals surface area contributed by atoms with Crippen molar-refractivity contribution in [2.24, 2.45) is 0 Å². The van der Waals surface area contributed by atoms with Gasteiger partial charge in [0.25, 0.3) is 10.0 Å². The van der Waals surface area contributed by atoms with Crippen molar-refractivity contribution in [3.8, 4) is 0 Å². The molecule has 0 aliphatic carbocycles. The van der Waals surface area contributed by atoms with E-state index in [1.807, 2.05) is 6.92 Å². The molecule has 0 aromatic heterocycles. The van der Waals surface area contributed by atoms with Crippen molar-refractivity contribution >= 4 is 33.0 Å². The molecule has 100 valence electrons. The van der Waals surface area contributed by atoms with Crippen LogP contribution in [-0.2, 0) is 10.0 Å². The normalized spacial score (nSPS) is 11.3. The van der Waals surface area contributed by atoms with Gasteiger partial charge in [-0.25, -0.2) is 8.42 Å². The number of aryl methyl sites for hydroxylation is 1. The van der Waals surface area contributed by atoms with Gasteiger partial charge in [0.2, 0.25) is 0 Å². The Labute approximate surface area is 117 Å². The molecule has 4 nitrogen and oxygen atoms in total. The summed E-state index contributed by atoms with van der Waals surface area (Å²) in [7, 11) is -3.72. The minimum absolute atomic E-state index is 0.0437. The molecule has 0 fully saturated rings.